The molecule has 3 aliphatic heterocycles. The molecule has 8 heteroatoms. The molecular formula is C19H13BrN2O5. The Bertz CT molecular complexity index is 988. The highest BCUT2D eigenvalue weighted by atomic mass is 79.9. The first-order valence-corrected chi connectivity index (χ1v) is 9.20. The lowest BCUT2D eigenvalue weighted by Crippen LogP contribution is -2.33. The Morgan fingerprint density at radius 2 is 1.70 bits per heavy atom. The molecule has 0 aliphatic carbocycles. The summed E-state index contributed by atoms with van der Waals surface area (Å²) >= 11 is 3.38. The fraction of sp³-hybridized carbons (Fsp3) is 0.211. The topological polar surface area (TPSA) is 77.4 Å². The normalized spacial score (nSPS) is 23.1. The molecule has 2 aromatic carbocycles. The monoisotopic (exact) mass is 428 g/mol. The molecule has 7 nitrogen and oxygen atoms in total. The highest BCUT2D eigenvalue weighted by molar-refractivity contribution is 9.10. The fourth-order valence-electron chi connectivity index (χ4n) is 3.46. The van der Waals surface area contributed by atoms with Gasteiger partial charge in [0.2, 0.25) is 12.0 Å². The van der Waals surface area contributed by atoms with E-state index in [1.807, 2.05) is 24.3 Å². The second kappa shape index (κ2) is 6.09. The Morgan fingerprint density at radius 3 is 2.48 bits per heavy atom. The molecule has 0 saturated carbocycles. The van der Waals surface area contributed by atoms with Crippen LogP contribution in [0.1, 0.15) is 5.56 Å². The maximum atomic E-state index is 13.1. The van der Waals surface area contributed by atoms with E-state index in [0.717, 1.165) is 14.9 Å². The van der Waals surface area contributed by atoms with E-state index in [9.17, 15) is 9.59 Å². The van der Waals surface area contributed by atoms with Crippen LogP contribution in [0.3, 0.4) is 0 Å². The van der Waals surface area contributed by atoms with Crippen molar-refractivity contribution in [3.8, 4) is 11.5 Å². The van der Waals surface area contributed by atoms with E-state index in [1.54, 1.807) is 18.2 Å². The van der Waals surface area contributed by atoms with Crippen LogP contribution in [0, 0.1) is 5.92 Å². The minimum Gasteiger partial charge on any atom is -0.486 e. The summed E-state index contributed by atoms with van der Waals surface area (Å²) in [5, 5.41) is 4.01. The van der Waals surface area contributed by atoms with Crippen molar-refractivity contribution in [3.63, 3.8) is 0 Å². The number of benzene rings is 2. The average molecular weight is 429 g/mol. The van der Waals surface area contributed by atoms with E-state index in [2.05, 4.69) is 21.1 Å². The van der Waals surface area contributed by atoms with Crippen LogP contribution in [-0.4, -0.2) is 36.8 Å². The first kappa shape index (κ1) is 16.3. The van der Waals surface area contributed by atoms with Crippen LogP contribution in [0.15, 0.2) is 52.1 Å². The Labute approximate surface area is 162 Å². The average Bonchev–Trinajstić information content (AvgIpc) is 3.23. The molecule has 27 heavy (non-hydrogen) atoms. The van der Waals surface area contributed by atoms with Crippen molar-refractivity contribution in [2.24, 2.45) is 11.1 Å². The second-order valence-electron chi connectivity index (χ2n) is 6.33. The van der Waals surface area contributed by atoms with E-state index < -0.39 is 17.9 Å². The van der Waals surface area contributed by atoms with Crippen LogP contribution in [-0.2, 0) is 14.4 Å². The molecule has 136 valence electrons. The number of amides is 2. The molecule has 2 atom stereocenters. The predicted octanol–water partition coefficient (Wildman–Crippen LogP) is 2.51. The number of halogens is 1. The van der Waals surface area contributed by atoms with Crippen molar-refractivity contribution >= 4 is 39.1 Å². The van der Waals surface area contributed by atoms with Crippen LogP contribution in [0.2, 0.25) is 0 Å². The van der Waals surface area contributed by atoms with Crippen molar-refractivity contribution in [1.29, 1.82) is 0 Å². The highest BCUT2D eigenvalue weighted by Crippen LogP contribution is 2.39. The van der Waals surface area contributed by atoms with Crippen molar-refractivity contribution in [2.75, 3.05) is 18.1 Å². The van der Waals surface area contributed by atoms with E-state index in [4.69, 9.17) is 14.3 Å². The van der Waals surface area contributed by atoms with Gasteiger partial charge in [0.25, 0.3) is 5.91 Å². The molecule has 3 heterocycles. The van der Waals surface area contributed by atoms with Crippen molar-refractivity contribution in [2.45, 2.75) is 6.10 Å². The summed E-state index contributed by atoms with van der Waals surface area (Å²) in [7, 11) is 0. The van der Waals surface area contributed by atoms with E-state index in [0.29, 0.717) is 36.1 Å². The summed E-state index contributed by atoms with van der Waals surface area (Å²) < 4.78 is 12.0. The summed E-state index contributed by atoms with van der Waals surface area (Å²) in [5.74, 6) is -0.443. The highest BCUT2D eigenvalue weighted by Gasteiger charge is 2.56. The molecular weight excluding hydrogens is 416 g/mol. The predicted molar refractivity (Wildman–Crippen MR) is 99.0 cm³/mol. The Balaban J connectivity index is 1.49. The molecule has 0 bridgehead atoms. The summed E-state index contributed by atoms with van der Waals surface area (Å²) in [4.78, 5) is 32.4. The number of rotatable bonds is 2. The first-order chi connectivity index (χ1) is 13.1. The van der Waals surface area contributed by atoms with Gasteiger partial charge < -0.3 is 14.3 Å². The number of nitrogens with zero attached hydrogens (tertiary/aromatic N) is 2. The second-order valence-corrected chi connectivity index (χ2v) is 7.24. The third-order valence-electron chi connectivity index (χ3n) is 4.74. The maximum Gasteiger partial charge on any atom is 0.278 e. The molecule has 2 aromatic rings. The van der Waals surface area contributed by atoms with Gasteiger partial charge in [-0.25, -0.2) is 4.90 Å². The minimum absolute atomic E-state index is 0.360. The van der Waals surface area contributed by atoms with Crippen LogP contribution in [0.5, 0.6) is 11.5 Å². The number of hydrogen-bond acceptors (Lipinski definition) is 6. The number of imide groups is 1. The van der Waals surface area contributed by atoms with Gasteiger partial charge >= 0.3 is 0 Å². The summed E-state index contributed by atoms with van der Waals surface area (Å²) in [5.41, 5.74) is 1.64. The first-order valence-electron chi connectivity index (χ1n) is 8.40. The number of ether oxygens (including phenoxy) is 2. The standard InChI is InChI=1S/C19H13BrN2O5/c20-11-3-1-10(2-4-11)16-15-17(27-21-16)19(24)22(18(15)23)12-5-6-13-14(9-12)26-8-7-25-13/h1-6,9,15,17H,7-8H2. The van der Waals surface area contributed by atoms with E-state index in [-0.39, 0.29) is 5.91 Å². The third kappa shape index (κ3) is 2.51. The van der Waals surface area contributed by atoms with Crippen LogP contribution < -0.4 is 14.4 Å². The molecule has 2 unspecified atom stereocenters. The zero-order chi connectivity index (χ0) is 18.5. The number of hydrogen-bond donors (Lipinski definition) is 0. The number of fused-ring (bicyclic) bond motifs is 2. The lowest BCUT2D eigenvalue weighted by atomic mass is 9.94. The zero-order valence-electron chi connectivity index (χ0n) is 13.9. The smallest absolute Gasteiger partial charge is 0.278 e. The molecule has 5 rings (SSSR count). The molecule has 3 aliphatic rings. The van der Waals surface area contributed by atoms with Crippen molar-refractivity contribution in [1.82, 2.24) is 0 Å². The summed E-state index contributed by atoms with van der Waals surface area (Å²) in [6, 6.07) is 12.4. The van der Waals surface area contributed by atoms with Crippen molar-refractivity contribution < 1.29 is 23.9 Å². The minimum atomic E-state index is -0.940. The zero-order valence-corrected chi connectivity index (χ0v) is 15.5. The fourth-order valence-corrected chi connectivity index (χ4v) is 3.73. The molecule has 0 radical (unpaired) electrons. The molecule has 1 saturated heterocycles. The Hall–Kier alpha value is -2.87. The Morgan fingerprint density at radius 1 is 0.963 bits per heavy atom. The molecule has 0 aromatic heterocycles. The van der Waals surface area contributed by atoms with Gasteiger partial charge in [-0.1, -0.05) is 33.2 Å². The Kier molecular flexibility index (Phi) is 3.68. The number of carbonyl (C=O) groups is 2. The van der Waals surface area contributed by atoms with Crippen LogP contribution >= 0.6 is 15.9 Å². The SMILES string of the molecule is O=C1C2ON=C(c3ccc(Br)cc3)C2C(=O)N1c1ccc2c(c1)OCCO2. The summed E-state index contributed by atoms with van der Waals surface area (Å²) in [6.45, 7) is 0.895. The van der Waals surface area contributed by atoms with Gasteiger partial charge in [0, 0.05) is 16.1 Å². The van der Waals surface area contributed by atoms with Crippen molar-refractivity contribution in [3.05, 3.63) is 52.5 Å². The quantitative estimate of drug-likeness (QED) is 0.686. The third-order valence-corrected chi connectivity index (χ3v) is 5.26. The van der Waals surface area contributed by atoms with Gasteiger partial charge in [-0.05, 0) is 24.3 Å². The summed E-state index contributed by atoms with van der Waals surface area (Å²) in [6.07, 6.45) is -0.940. The van der Waals surface area contributed by atoms with Gasteiger partial charge in [-0.2, -0.15) is 0 Å². The number of oxime groups is 1. The maximum absolute atomic E-state index is 13.1. The van der Waals surface area contributed by atoms with Gasteiger partial charge in [-0.3, -0.25) is 9.59 Å². The van der Waals surface area contributed by atoms with Gasteiger partial charge in [-0.15, -0.1) is 0 Å². The van der Waals surface area contributed by atoms with Crippen LogP contribution in [0.4, 0.5) is 5.69 Å². The van der Waals surface area contributed by atoms with Gasteiger partial charge in [0.15, 0.2) is 11.5 Å². The molecule has 2 amide bonds. The van der Waals surface area contributed by atoms with E-state index >= 15 is 0 Å². The van der Waals surface area contributed by atoms with Gasteiger partial charge in [0.1, 0.15) is 24.8 Å². The lowest BCUT2D eigenvalue weighted by molar-refractivity contribution is -0.126. The largest absolute Gasteiger partial charge is 0.486 e. The van der Waals surface area contributed by atoms with Gasteiger partial charge in [0.05, 0.1) is 5.69 Å². The lowest BCUT2D eigenvalue weighted by Gasteiger charge is -2.21. The molecule has 1 fully saturated rings. The van der Waals surface area contributed by atoms with Crippen LogP contribution in [0.25, 0.3) is 0 Å². The number of carbonyl (C=O) groups excluding carboxylic acids is 2. The molecule has 0 N–H and O–H groups in total. The van der Waals surface area contributed by atoms with E-state index in [1.165, 1.54) is 0 Å². The number of anilines is 1. The molecule has 0 spiro atoms.